The second-order valence-electron chi connectivity index (χ2n) is 5.28. The molecule has 1 fully saturated rings. The lowest BCUT2D eigenvalue weighted by atomic mass is 10.0. The van der Waals surface area contributed by atoms with E-state index in [0.29, 0.717) is 6.04 Å². The summed E-state index contributed by atoms with van der Waals surface area (Å²) in [6, 6.07) is 2.91. The molecule has 4 heteroatoms. The summed E-state index contributed by atoms with van der Waals surface area (Å²) >= 11 is 5.36. The molecule has 2 rings (SSSR count). The molecule has 1 N–H and O–H groups in total. The molecule has 0 aliphatic carbocycles. The molecule has 1 atom stereocenters. The van der Waals surface area contributed by atoms with E-state index in [1.54, 1.807) is 0 Å². The van der Waals surface area contributed by atoms with E-state index >= 15 is 0 Å². The van der Waals surface area contributed by atoms with Crippen molar-refractivity contribution in [3.8, 4) is 0 Å². The van der Waals surface area contributed by atoms with Crippen LogP contribution in [0.15, 0.2) is 15.9 Å². The highest BCUT2D eigenvalue weighted by molar-refractivity contribution is 9.10. The van der Waals surface area contributed by atoms with Gasteiger partial charge in [0.2, 0.25) is 0 Å². The zero-order valence-electron chi connectivity index (χ0n) is 11.1. The van der Waals surface area contributed by atoms with Crippen LogP contribution in [-0.2, 0) is 6.54 Å². The SMILES string of the molecule is CN(Cc1cc(Br)cs1)CC1CCCCCCN1. The quantitative estimate of drug-likeness (QED) is 0.901. The first-order valence-electron chi connectivity index (χ1n) is 6.89. The second-order valence-corrected chi connectivity index (χ2v) is 7.19. The minimum atomic E-state index is 0.679. The van der Waals surface area contributed by atoms with E-state index in [-0.39, 0.29) is 0 Å². The summed E-state index contributed by atoms with van der Waals surface area (Å²) in [5.41, 5.74) is 0. The van der Waals surface area contributed by atoms with Crippen LogP contribution in [0.25, 0.3) is 0 Å². The monoisotopic (exact) mass is 330 g/mol. The molecule has 0 saturated carbocycles. The summed E-state index contributed by atoms with van der Waals surface area (Å²) < 4.78 is 1.21. The Kier molecular flexibility index (Phi) is 6.15. The fourth-order valence-electron chi connectivity index (χ4n) is 2.58. The molecule has 18 heavy (non-hydrogen) atoms. The molecule has 0 aromatic carbocycles. The maximum absolute atomic E-state index is 3.70. The topological polar surface area (TPSA) is 15.3 Å². The highest BCUT2D eigenvalue weighted by Crippen LogP contribution is 2.21. The van der Waals surface area contributed by atoms with Crippen LogP contribution in [0, 0.1) is 0 Å². The van der Waals surface area contributed by atoms with Crippen LogP contribution in [-0.4, -0.2) is 31.1 Å². The highest BCUT2D eigenvalue weighted by Gasteiger charge is 2.13. The van der Waals surface area contributed by atoms with Gasteiger partial charge in [0, 0.05) is 33.9 Å². The van der Waals surface area contributed by atoms with E-state index in [0.717, 1.165) is 13.1 Å². The highest BCUT2D eigenvalue weighted by atomic mass is 79.9. The Labute approximate surface area is 123 Å². The Bertz CT molecular complexity index is 345. The average Bonchev–Trinajstić information content (AvgIpc) is 2.67. The van der Waals surface area contributed by atoms with Crippen LogP contribution >= 0.6 is 27.3 Å². The zero-order chi connectivity index (χ0) is 12.8. The molecule has 1 unspecified atom stereocenters. The predicted molar refractivity (Wildman–Crippen MR) is 83.2 cm³/mol. The fourth-order valence-corrected chi connectivity index (χ4v) is 4.11. The van der Waals surface area contributed by atoms with E-state index < -0.39 is 0 Å². The summed E-state index contributed by atoms with van der Waals surface area (Å²) in [5, 5.41) is 5.86. The summed E-state index contributed by atoms with van der Waals surface area (Å²) in [4.78, 5) is 3.88. The fraction of sp³-hybridized carbons (Fsp3) is 0.714. The van der Waals surface area contributed by atoms with Crippen molar-refractivity contribution in [2.45, 2.75) is 44.7 Å². The predicted octanol–water partition coefficient (Wildman–Crippen LogP) is 3.86. The number of likely N-dealkylation sites (N-methyl/N-ethyl adjacent to an activating group) is 1. The number of hydrogen-bond donors (Lipinski definition) is 1. The van der Waals surface area contributed by atoms with E-state index in [9.17, 15) is 0 Å². The molecule has 0 bridgehead atoms. The van der Waals surface area contributed by atoms with Crippen LogP contribution in [0.2, 0.25) is 0 Å². The summed E-state index contributed by atoms with van der Waals surface area (Å²) in [7, 11) is 2.23. The van der Waals surface area contributed by atoms with Crippen molar-refractivity contribution in [2.24, 2.45) is 0 Å². The Morgan fingerprint density at radius 3 is 3.00 bits per heavy atom. The van der Waals surface area contributed by atoms with Crippen molar-refractivity contribution in [1.82, 2.24) is 10.2 Å². The minimum absolute atomic E-state index is 0.679. The molecular formula is C14H23BrN2S. The number of thiophene rings is 1. The standard InChI is InChI=1S/C14H23BrN2S/c1-17(10-14-8-12(15)11-18-14)9-13-6-4-2-3-5-7-16-13/h8,11,13,16H,2-7,9-10H2,1H3. The Morgan fingerprint density at radius 2 is 2.22 bits per heavy atom. The van der Waals surface area contributed by atoms with E-state index in [2.05, 4.69) is 44.6 Å². The molecule has 2 heterocycles. The van der Waals surface area contributed by atoms with Crippen molar-refractivity contribution >= 4 is 27.3 Å². The van der Waals surface area contributed by atoms with Crippen LogP contribution in [0.3, 0.4) is 0 Å². The van der Waals surface area contributed by atoms with Crippen molar-refractivity contribution in [3.63, 3.8) is 0 Å². The van der Waals surface area contributed by atoms with Crippen molar-refractivity contribution in [2.75, 3.05) is 20.1 Å². The number of halogens is 1. The number of nitrogens with zero attached hydrogens (tertiary/aromatic N) is 1. The summed E-state index contributed by atoms with van der Waals surface area (Å²) in [6.45, 7) is 3.42. The molecule has 102 valence electrons. The Balaban J connectivity index is 1.76. The van der Waals surface area contributed by atoms with Crippen molar-refractivity contribution in [3.05, 3.63) is 20.8 Å². The Morgan fingerprint density at radius 1 is 1.39 bits per heavy atom. The van der Waals surface area contributed by atoms with Gasteiger partial charge in [-0.05, 0) is 48.4 Å². The molecule has 1 aliphatic heterocycles. The van der Waals surface area contributed by atoms with Gasteiger partial charge in [0.05, 0.1) is 0 Å². The lowest BCUT2D eigenvalue weighted by molar-refractivity contribution is 0.266. The van der Waals surface area contributed by atoms with Crippen molar-refractivity contribution in [1.29, 1.82) is 0 Å². The molecule has 0 amide bonds. The zero-order valence-corrected chi connectivity index (χ0v) is 13.5. The number of hydrogen-bond acceptors (Lipinski definition) is 3. The van der Waals surface area contributed by atoms with E-state index in [1.807, 2.05) is 11.3 Å². The molecule has 0 spiro atoms. The molecule has 1 aromatic heterocycles. The maximum Gasteiger partial charge on any atom is 0.0325 e. The maximum atomic E-state index is 3.70. The normalized spacial score (nSPS) is 21.8. The van der Waals surface area contributed by atoms with E-state index in [1.165, 1.54) is 48.0 Å². The van der Waals surface area contributed by atoms with Crippen LogP contribution in [0.4, 0.5) is 0 Å². The van der Waals surface area contributed by atoms with Crippen LogP contribution < -0.4 is 5.32 Å². The van der Waals surface area contributed by atoms with Crippen LogP contribution in [0.1, 0.15) is 37.0 Å². The smallest absolute Gasteiger partial charge is 0.0325 e. The molecule has 0 radical (unpaired) electrons. The third-order valence-corrected chi connectivity index (χ3v) is 5.17. The summed E-state index contributed by atoms with van der Waals surface area (Å²) in [6.07, 6.45) is 6.88. The van der Waals surface area contributed by atoms with Gasteiger partial charge in [-0.25, -0.2) is 0 Å². The number of nitrogens with one attached hydrogen (secondary N) is 1. The van der Waals surface area contributed by atoms with Gasteiger partial charge in [0.1, 0.15) is 0 Å². The summed E-state index contributed by atoms with van der Waals surface area (Å²) in [5.74, 6) is 0. The third-order valence-electron chi connectivity index (χ3n) is 3.49. The van der Waals surface area contributed by atoms with Crippen LogP contribution in [0.5, 0.6) is 0 Å². The Hall–Kier alpha value is 0.1000. The van der Waals surface area contributed by atoms with Gasteiger partial charge in [-0.1, -0.05) is 19.3 Å². The van der Waals surface area contributed by atoms with Gasteiger partial charge in [-0.2, -0.15) is 0 Å². The van der Waals surface area contributed by atoms with Gasteiger partial charge in [0.25, 0.3) is 0 Å². The van der Waals surface area contributed by atoms with Gasteiger partial charge in [0.15, 0.2) is 0 Å². The molecule has 1 saturated heterocycles. The van der Waals surface area contributed by atoms with Crippen molar-refractivity contribution < 1.29 is 0 Å². The minimum Gasteiger partial charge on any atom is -0.313 e. The number of rotatable bonds is 4. The second kappa shape index (κ2) is 7.63. The molecule has 1 aliphatic rings. The molecule has 2 nitrogen and oxygen atoms in total. The van der Waals surface area contributed by atoms with Gasteiger partial charge < -0.3 is 5.32 Å². The first-order chi connectivity index (χ1) is 8.74. The largest absolute Gasteiger partial charge is 0.313 e. The van der Waals surface area contributed by atoms with Gasteiger partial charge >= 0.3 is 0 Å². The average molecular weight is 331 g/mol. The first-order valence-corrected chi connectivity index (χ1v) is 8.56. The van der Waals surface area contributed by atoms with E-state index in [4.69, 9.17) is 0 Å². The lowest BCUT2D eigenvalue weighted by Crippen LogP contribution is -2.40. The van der Waals surface area contributed by atoms with Gasteiger partial charge in [-0.15, -0.1) is 11.3 Å². The first kappa shape index (κ1) is 14.5. The molecule has 1 aromatic rings. The molecular weight excluding hydrogens is 308 g/mol. The lowest BCUT2D eigenvalue weighted by Gasteiger charge is -2.26. The third kappa shape index (κ3) is 5.00. The van der Waals surface area contributed by atoms with Gasteiger partial charge in [-0.3, -0.25) is 4.90 Å².